The Morgan fingerprint density at radius 1 is 0.929 bits per heavy atom. The second-order valence-corrected chi connectivity index (χ2v) is 6.43. The molecule has 0 unspecified atom stereocenters. The molecule has 142 valence electrons. The lowest BCUT2D eigenvalue weighted by atomic mass is 9.98. The second-order valence-electron chi connectivity index (χ2n) is 6.43. The molecule has 0 atom stereocenters. The molecule has 3 aromatic rings. The van der Waals surface area contributed by atoms with Gasteiger partial charge in [-0.15, -0.1) is 0 Å². The van der Waals surface area contributed by atoms with E-state index in [2.05, 4.69) is 5.32 Å². The van der Waals surface area contributed by atoms with Crippen molar-refractivity contribution < 1.29 is 19.0 Å². The largest absolute Gasteiger partial charge is 0.493 e. The molecule has 1 N–H and O–H groups in total. The molecule has 0 saturated carbocycles. The number of carbonyl (C=O) groups excluding carboxylic acids is 1. The van der Waals surface area contributed by atoms with Crippen LogP contribution in [0.15, 0.2) is 72.8 Å². The summed E-state index contributed by atoms with van der Waals surface area (Å²) in [5, 5.41) is 3.13. The summed E-state index contributed by atoms with van der Waals surface area (Å²) < 4.78 is 16.7. The lowest BCUT2D eigenvalue weighted by molar-refractivity contribution is 0.0941. The molecule has 0 spiro atoms. The van der Waals surface area contributed by atoms with Crippen LogP contribution in [0.5, 0.6) is 17.2 Å². The fourth-order valence-electron chi connectivity index (χ4n) is 3.27. The van der Waals surface area contributed by atoms with Crippen molar-refractivity contribution in [2.24, 2.45) is 0 Å². The summed E-state index contributed by atoms with van der Waals surface area (Å²) in [7, 11) is 1.55. The summed E-state index contributed by atoms with van der Waals surface area (Å²) in [6, 6.07) is 22.9. The highest BCUT2D eigenvalue weighted by atomic mass is 16.6. The van der Waals surface area contributed by atoms with Gasteiger partial charge in [0.15, 0.2) is 11.5 Å². The average molecular weight is 375 g/mol. The molecular formula is C23H21NO4. The number of hydrogen-bond donors (Lipinski definition) is 1. The maximum atomic E-state index is 13.1. The molecule has 5 nitrogen and oxygen atoms in total. The van der Waals surface area contributed by atoms with Crippen molar-refractivity contribution in [3.63, 3.8) is 0 Å². The summed E-state index contributed by atoms with van der Waals surface area (Å²) in [5.41, 5.74) is 2.47. The van der Waals surface area contributed by atoms with Gasteiger partial charge in [-0.1, -0.05) is 60.7 Å². The topological polar surface area (TPSA) is 56.8 Å². The van der Waals surface area contributed by atoms with E-state index in [1.165, 1.54) is 0 Å². The van der Waals surface area contributed by atoms with Crippen LogP contribution in [0.25, 0.3) is 0 Å². The number of carbonyl (C=O) groups is 1. The molecule has 28 heavy (non-hydrogen) atoms. The van der Waals surface area contributed by atoms with Gasteiger partial charge in [-0.3, -0.25) is 4.79 Å². The molecule has 0 radical (unpaired) electrons. The van der Waals surface area contributed by atoms with Crippen LogP contribution in [0.3, 0.4) is 0 Å². The molecule has 0 saturated heterocycles. The van der Waals surface area contributed by atoms with Crippen LogP contribution in [0.2, 0.25) is 0 Å². The number of amides is 1. The summed E-state index contributed by atoms with van der Waals surface area (Å²) in [6.07, 6.45) is 0. The Morgan fingerprint density at radius 3 is 2.14 bits per heavy atom. The SMILES string of the molecule is COc1cc(C(=O)NC(c2ccccc2)c2ccccc2)cc2c1OCCO2. The average Bonchev–Trinajstić information content (AvgIpc) is 2.77. The first-order valence-corrected chi connectivity index (χ1v) is 9.14. The third kappa shape index (κ3) is 3.64. The Kier molecular flexibility index (Phi) is 5.15. The summed E-state index contributed by atoms with van der Waals surface area (Å²) in [5.74, 6) is 1.32. The number of fused-ring (bicyclic) bond motifs is 1. The van der Waals surface area contributed by atoms with Gasteiger partial charge < -0.3 is 19.5 Å². The molecule has 0 aromatic heterocycles. The van der Waals surface area contributed by atoms with Crippen LogP contribution in [0.4, 0.5) is 0 Å². The van der Waals surface area contributed by atoms with Crippen molar-refractivity contribution in [3.05, 3.63) is 89.5 Å². The minimum absolute atomic E-state index is 0.215. The Morgan fingerprint density at radius 2 is 1.54 bits per heavy atom. The predicted molar refractivity (Wildman–Crippen MR) is 106 cm³/mol. The fraction of sp³-hybridized carbons (Fsp3) is 0.174. The van der Waals surface area contributed by atoms with Crippen molar-refractivity contribution >= 4 is 5.91 Å². The molecule has 1 aliphatic heterocycles. The molecule has 0 aliphatic carbocycles. The van der Waals surface area contributed by atoms with Crippen molar-refractivity contribution in [3.8, 4) is 17.2 Å². The zero-order valence-corrected chi connectivity index (χ0v) is 15.6. The summed E-state index contributed by atoms with van der Waals surface area (Å²) in [6.45, 7) is 0.900. The maximum absolute atomic E-state index is 13.1. The second kappa shape index (κ2) is 8.05. The summed E-state index contributed by atoms with van der Waals surface area (Å²) >= 11 is 0. The normalized spacial score (nSPS) is 12.5. The van der Waals surface area contributed by atoms with Gasteiger partial charge in [0.1, 0.15) is 13.2 Å². The van der Waals surface area contributed by atoms with Gasteiger partial charge in [-0.2, -0.15) is 0 Å². The quantitative estimate of drug-likeness (QED) is 0.733. The third-order valence-electron chi connectivity index (χ3n) is 4.63. The van der Waals surface area contributed by atoms with Crippen molar-refractivity contribution in [1.29, 1.82) is 0 Å². The molecule has 0 bridgehead atoms. The van der Waals surface area contributed by atoms with E-state index in [0.29, 0.717) is 36.0 Å². The highest BCUT2D eigenvalue weighted by molar-refractivity contribution is 5.96. The number of benzene rings is 3. The minimum atomic E-state index is -0.269. The molecule has 1 aliphatic rings. The predicted octanol–water partition coefficient (Wildman–Crippen LogP) is 3.99. The van der Waals surface area contributed by atoms with E-state index in [1.807, 2.05) is 60.7 Å². The third-order valence-corrected chi connectivity index (χ3v) is 4.63. The molecule has 0 fully saturated rings. The van der Waals surface area contributed by atoms with Crippen molar-refractivity contribution in [2.45, 2.75) is 6.04 Å². The van der Waals surface area contributed by atoms with Gasteiger partial charge in [-0.25, -0.2) is 0 Å². The Balaban J connectivity index is 1.67. The van der Waals surface area contributed by atoms with E-state index >= 15 is 0 Å². The van der Waals surface area contributed by atoms with Crippen LogP contribution in [-0.4, -0.2) is 26.2 Å². The number of hydrogen-bond acceptors (Lipinski definition) is 4. The first kappa shape index (κ1) is 17.9. The number of nitrogens with one attached hydrogen (secondary N) is 1. The lowest BCUT2D eigenvalue weighted by Gasteiger charge is -2.23. The highest BCUT2D eigenvalue weighted by Gasteiger charge is 2.23. The molecule has 5 heteroatoms. The zero-order valence-electron chi connectivity index (χ0n) is 15.6. The Labute approximate surface area is 163 Å². The standard InChI is InChI=1S/C23H21NO4/c1-26-19-14-18(15-20-22(19)28-13-12-27-20)23(25)24-21(16-8-4-2-5-9-16)17-10-6-3-7-11-17/h2-11,14-15,21H,12-13H2,1H3,(H,24,25). The van der Waals surface area contributed by atoms with Crippen LogP contribution in [0.1, 0.15) is 27.5 Å². The van der Waals surface area contributed by atoms with Gasteiger partial charge >= 0.3 is 0 Å². The van der Waals surface area contributed by atoms with E-state index in [9.17, 15) is 4.79 Å². The van der Waals surface area contributed by atoms with Crippen LogP contribution < -0.4 is 19.5 Å². The molecule has 3 aromatic carbocycles. The van der Waals surface area contributed by atoms with Gasteiger partial charge in [0.05, 0.1) is 13.2 Å². The van der Waals surface area contributed by atoms with Gasteiger partial charge in [-0.05, 0) is 23.3 Å². The van der Waals surface area contributed by atoms with E-state index in [0.717, 1.165) is 11.1 Å². The minimum Gasteiger partial charge on any atom is -0.493 e. The molecule has 4 rings (SSSR count). The first-order valence-electron chi connectivity index (χ1n) is 9.14. The van der Waals surface area contributed by atoms with Gasteiger partial charge in [0, 0.05) is 5.56 Å². The Hall–Kier alpha value is -3.47. The van der Waals surface area contributed by atoms with E-state index < -0.39 is 0 Å². The Bertz CT molecular complexity index is 900. The van der Waals surface area contributed by atoms with E-state index in [4.69, 9.17) is 14.2 Å². The molecular weight excluding hydrogens is 354 g/mol. The monoisotopic (exact) mass is 375 g/mol. The molecule has 1 heterocycles. The number of ether oxygens (including phenoxy) is 3. The van der Waals surface area contributed by atoms with Crippen LogP contribution >= 0.6 is 0 Å². The first-order chi connectivity index (χ1) is 13.8. The summed E-state index contributed by atoms with van der Waals surface area (Å²) in [4.78, 5) is 13.1. The number of methoxy groups -OCH3 is 1. The lowest BCUT2D eigenvalue weighted by Crippen LogP contribution is -2.29. The van der Waals surface area contributed by atoms with Gasteiger partial charge in [0.2, 0.25) is 5.75 Å². The van der Waals surface area contributed by atoms with Crippen LogP contribution in [0, 0.1) is 0 Å². The zero-order chi connectivity index (χ0) is 19.3. The smallest absolute Gasteiger partial charge is 0.252 e. The number of rotatable bonds is 5. The van der Waals surface area contributed by atoms with Crippen LogP contribution in [-0.2, 0) is 0 Å². The van der Waals surface area contributed by atoms with Gasteiger partial charge in [0.25, 0.3) is 5.91 Å². The van der Waals surface area contributed by atoms with Crippen molar-refractivity contribution in [1.82, 2.24) is 5.32 Å². The fourth-order valence-corrected chi connectivity index (χ4v) is 3.27. The van der Waals surface area contributed by atoms with Crippen molar-refractivity contribution in [2.75, 3.05) is 20.3 Å². The molecule has 1 amide bonds. The maximum Gasteiger partial charge on any atom is 0.252 e. The van der Waals surface area contributed by atoms with E-state index in [-0.39, 0.29) is 11.9 Å². The van der Waals surface area contributed by atoms with E-state index in [1.54, 1.807) is 19.2 Å². The highest BCUT2D eigenvalue weighted by Crippen LogP contribution is 2.40.